The van der Waals surface area contributed by atoms with Crippen molar-refractivity contribution < 1.29 is 14.3 Å². The van der Waals surface area contributed by atoms with E-state index in [0.717, 1.165) is 0 Å². The summed E-state index contributed by atoms with van der Waals surface area (Å²) in [5, 5.41) is 11.6. The second-order valence-corrected chi connectivity index (χ2v) is 4.81. The van der Waals surface area contributed by atoms with E-state index in [2.05, 4.69) is 26.1 Å². The van der Waals surface area contributed by atoms with Gasteiger partial charge in [0, 0.05) is 22.3 Å². The Balaban J connectivity index is 2.19. The smallest absolute Gasteiger partial charge is 0.189 e. The van der Waals surface area contributed by atoms with Crippen molar-refractivity contribution in [2.24, 2.45) is 10.9 Å². The van der Waals surface area contributed by atoms with Gasteiger partial charge in [-0.25, -0.2) is 4.39 Å². The molecule has 1 aromatic heterocycles. The van der Waals surface area contributed by atoms with Crippen molar-refractivity contribution in [1.82, 2.24) is 4.98 Å². The van der Waals surface area contributed by atoms with E-state index in [1.54, 1.807) is 18.2 Å². The Morgan fingerprint density at radius 2 is 2.25 bits per heavy atom. The van der Waals surface area contributed by atoms with Crippen molar-refractivity contribution in [3.63, 3.8) is 0 Å². The Bertz CT molecular complexity index is 629. The maximum absolute atomic E-state index is 13.2. The van der Waals surface area contributed by atoms with Crippen LogP contribution < -0.4 is 10.5 Å². The lowest BCUT2D eigenvalue weighted by atomic mass is 10.2. The minimum absolute atomic E-state index is 0.107. The fourth-order valence-electron chi connectivity index (χ4n) is 1.61. The van der Waals surface area contributed by atoms with Crippen molar-refractivity contribution in [2.45, 2.75) is 6.61 Å². The standard InChI is InChI=1S/C13H11BrFN3O2/c14-9-4-10(15)6-11(5-9)20-7-8-2-1-3-17-12(8)13(16)18-19/h1-6,19H,7H2,(H2,16,18). The quantitative estimate of drug-likeness (QED) is 0.388. The molecule has 5 nitrogen and oxygen atoms in total. The van der Waals surface area contributed by atoms with E-state index in [9.17, 15) is 4.39 Å². The number of aromatic nitrogens is 1. The average molecular weight is 340 g/mol. The molecule has 7 heteroatoms. The van der Waals surface area contributed by atoms with Crippen LogP contribution in [0.3, 0.4) is 0 Å². The highest BCUT2D eigenvalue weighted by atomic mass is 79.9. The van der Waals surface area contributed by atoms with Crippen LogP contribution in [-0.4, -0.2) is 16.0 Å². The molecule has 0 saturated heterocycles. The topological polar surface area (TPSA) is 80.7 Å². The summed E-state index contributed by atoms with van der Waals surface area (Å²) < 4.78 is 19.3. The molecule has 0 radical (unpaired) electrons. The van der Waals surface area contributed by atoms with Gasteiger partial charge in [-0.15, -0.1) is 0 Å². The van der Waals surface area contributed by atoms with Crippen LogP contribution >= 0.6 is 15.9 Å². The summed E-state index contributed by atoms with van der Waals surface area (Å²) in [6, 6.07) is 7.68. The molecule has 20 heavy (non-hydrogen) atoms. The van der Waals surface area contributed by atoms with E-state index in [0.29, 0.717) is 21.5 Å². The first-order valence-electron chi connectivity index (χ1n) is 5.61. The number of nitrogens with zero attached hydrogens (tertiary/aromatic N) is 2. The van der Waals surface area contributed by atoms with Crippen LogP contribution in [0.4, 0.5) is 4.39 Å². The normalized spacial score (nSPS) is 11.4. The summed E-state index contributed by atoms with van der Waals surface area (Å²) in [6.45, 7) is 0.120. The van der Waals surface area contributed by atoms with E-state index in [4.69, 9.17) is 15.7 Å². The maximum atomic E-state index is 13.2. The number of nitrogens with two attached hydrogens (primary N) is 1. The van der Waals surface area contributed by atoms with Gasteiger partial charge in [-0.05, 0) is 18.2 Å². The number of amidine groups is 1. The third-order valence-electron chi connectivity index (χ3n) is 2.47. The molecule has 0 spiro atoms. The zero-order valence-corrected chi connectivity index (χ0v) is 11.8. The lowest BCUT2D eigenvalue weighted by molar-refractivity contribution is 0.302. The number of hydrogen-bond acceptors (Lipinski definition) is 4. The number of halogens is 2. The predicted molar refractivity (Wildman–Crippen MR) is 75.2 cm³/mol. The molecule has 2 aromatic rings. The second kappa shape index (κ2) is 6.33. The number of hydrogen-bond donors (Lipinski definition) is 2. The van der Waals surface area contributed by atoms with E-state index < -0.39 is 5.82 Å². The lowest BCUT2D eigenvalue weighted by Gasteiger charge is -2.09. The summed E-state index contributed by atoms with van der Waals surface area (Å²) in [5.74, 6) is -0.145. The maximum Gasteiger partial charge on any atom is 0.189 e. The van der Waals surface area contributed by atoms with Crippen molar-refractivity contribution in [3.8, 4) is 5.75 Å². The number of benzene rings is 1. The summed E-state index contributed by atoms with van der Waals surface area (Å²) in [4.78, 5) is 4.02. The van der Waals surface area contributed by atoms with Gasteiger partial charge in [0.05, 0.1) is 0 Å². The van der Waals surface area contributed by atoms with Crippen LogP contribution in [0.25, 0.3) is 0 Å². The first kappa shape index (κ1) is 14.3. The molecule has 0 amide bonds. The summed E-state index contributed by atoms with van der Waals surface area (Å²) in [5.41, 5.74) is 6.48. The molecule has 0 unspecified atom stereocenters. The minimum Gasteiger partial charge on any atom is -0.489 e. The molecule has 0 aliphatic heterocycles. The largest absolute Gasteiger partial charge is 0.489 e. The first-order valence-corrected chi connectivity index (χ1v) is 6.40. The van der Waals surface area contributed by atoms with E-state index >= 15 is 0 Å². The Morgan fingerprint density at radius 1 is 1.45 bits per heavy atom. The predicted octanol–water partition coefficient (Wildman–Crippen LogP) is 2.66. The molecule has 1 aromatic carbocycles. The van der Waals surface area contributed by atoms with Gasteiger partial charge in [0.2, 0.25) is 0 Å². The van der Waals surface area contributed by atoms with Gasteiger partial charge in [-0.3, -0.25) is 4.98 Å². The van der Waals surface area contributed by atoms with Gasteiger partial charge >= 0.3 is 0 Å². The highest BCUT2D eigenvalue weighted by Crippen LogP contribution is 2.21. The first-order chi connectivity index (χ1) is 9.60. The van der Waals surface area contributed by atoms with Crippen LogP contribution in [0.15, 0.2) is 46.2 Å². The molecular weight excluding hydrogens is 329 g/mol. The highest BCUT2D eigenvalue weighted by Gasteiger charge is 2.09. The average Bonchev–Trinajstić information content (AvgIpc) is 2.43. The molecule has 104 valence electrons. The van der Waals surface area contributed by atoms with Crippen molar-refractivity contribution in [1.29, 1.82) is 0 Å². The van der Waals surface area contributed by atoms with E-state index in [-0.39, 0.29) is 12.4 Å². The molecule has 3 N–H and O–H groups in total. The van der Waals surface area contributed by atoms with Crippen molar-refractivity contribution >= 4 is 21.8 Å². The monoisotopic (exact) mass is 339 g/mol. The Kier molecular flexibility index (Phi) is 4.52. The van der Waals surface area contributed by atoms with Crippen molar-refractivity contribution in [3.05, 3.63) is 58.1 Å². The Hall–Kier alpha value is -2.15. The highest BCUT2D eigenvalue weighted by molar-refractivity contribution is 9.10. The van der Waals surface area contributed by atoms with Gasteiger partial charge in [0.25, 0.3) is 0 Å². The number of oxime groups is 1. The fraction of sp³-hybridized carbons (Fsp3) is 0.0769. The molecule has 1 heterocycles. The fourth-order valence-corrected chi connectivity index (χ4v) is 2.05. The summed E-state index contributed by atoms with van der Waals surface area (Å²) in [7, 11) is 0. The van der Waals surface area contributed by atoms with Gasteiger partial charge < -0.3 is 15.7 Å². The minimum atomic E-state index is -0.405. The summed E-state index contributed by atoms with van der Waals surface area (Å²) >= 11 is 3.18. The molecule has 0 bridgehead atoms. The zero-order valence-electron chi connectivity index (χ0n) is 10.3. The molecule has 2 rings (SSSR count). The van der Waals surface area contributed by atoms with Crippen LogP contribution in [0.1, 0.15) is 11.3 Å². The molecule has 0 fully saturated rings. The van der Waals surface area contributed by atoms with Gasteiger partial charge in [-0.2, -0.15) is 0 Å². The number of pyridine rings is 1. The van der Waals surface area contributed by atoms with Crippen LogP contribution in [0, 0.1) is 5.82 Å². The molecule has 0 aliphatic carbocycles. The van der Waals surface area contributed by atoms with Crippen LogP contribution in [0.5, 0.6) is 5.75 Å². The molecule has 0 saturated carbocycles. The SMILES string of the molecule is N/C(=N/O)c1ncccc1COc1cc(F)cc(Br)c1. The molecular formula is C13H11BrFN3O2. The van der Waals surface area contributed by atoms with Gasteiger partial charge in [0.15, 0.2) is 5.84 Å². The zero-order chi connectivity index (χ0) is 14.5. The van der Waals surface area contributed by atoms with Crippen molar-refractivity contribution in [2.75, 3.05) is 0 Å². The Labute approximate surface area is 123 Å². The molecule has 0 atom stereocenters. The van der Waals surface area contributed by atoms with E-state index in [1.807, 2.05) is 0 Å². The third-order valence-corrected chi connectivity index (χ3v) is 2.93. The van der Waals surface area contributed by atoms with Gasteiger partial charge in [0.1, 0.15) is 23.9 Å². The van der Waals surface area contributed by atoms with Crippen LogP contribution in [0.2, 0.25) is 0 Å². The van der Waals surface area contributed by atoms with Crippen LogP contribution in [-0.2, 0) is 6.61 Å². The van der Waals surface area contributed by atoms with Gasteiger partial charge in [-0.1, -0.05) is 27.2 Å². The Morgan fingerprint density at radius 3 is 2.95 bits per heavy atom. The number of ether oxygens (including phenoxy) is 1. The third kappa shape index (κ3) is 3.45. The molecule has 0 aliphatic rings. The lowest BCUT2D eigenvalue weighted by Crippen LogP contribution is -2.18. The van der Waals surface area contributed by atoms with E-state index in [1.165, 1.54) is 18.3 Å². The summed E-state index contributed by atoms with van der Waals surface area (Å²) in [6.07, 6.45) is 1.52. The number of rotatable bonds is 4. The second-order valence-electron chi connectivity index (χ2n) is 3.89.